The summed E-state index contributed by atoms with van der Waals surface area (Å²) in [6, 6.07) is 3.56. The number of hydrogen-bond donors (Lipinski definition) is 6. The fourth-order valence-corrected chi connectivity index (χ4v) is 5.90. The Morgan fingerprint density at radius 3 is 2.26 bits per heavy atom. The molecular formula is C32H38O15. The Balaban J connectivity index is 1.35. The molecule has 0 unspecified atom stereocenters. The molecule has 10 atom stereocenters. The number of ketones is 1. The van der Waals surface area contributed by atoms with Crippen LogP contribution in [-0.2, 0) is 44.7 Å². The van der Waals surface area contributed by atoms with E-state index in [2.05, 4.69) is 0 Å². The zero-order valence-corrected chi connectivity index (χ0v) is 25.3. The number of benzene rings is 1. The Morgan fingerprint density at radius 2 is 1.60 bits per heavy atom. The molecule has 1 saturated carbocycles. The van der Waals surface area contributed by atoms with Gasteiger partial charge in [0.1, 0.15) is 43.0 Å². The number of allylic oxidation sites excluding steroid dienone is 2. The lowest BCUT2D eigenvalue weighted by molar-refractivity contribution is -0.284. The van der Waals surface area contributed by atoms with Crippen molar-refractivity contribution < 1.29 is 73.5 Å². The third-order valence-corrected chi connectivity index (χ3v) is 8.78. The van der Waals surface area contributed by atoms with Crippen LogP contribution >= 0.6 is 0 Å². The van der Waals surface area contributed by atoms with Crippen LogP contribution in [0.4, 0.5) is 0 Å². The van der Waals surface area contributed by atoms with E-state index in [9.17, 15) is 49.8 Å². The molecular weight excluding hydrogens is 624 g/mol. The van der Waals surface area contributed by atoms with Gasteiger partial charge in [-0.3, -0.25) is 14.4 Å². The van der Waals surface area contributed by atoms with Crippen molar-refractivity contribution in [1.29, 1.82) is 0 Å². The average molecular weight is 663 g/mol. The number of aromatic hydroxyl groups is 1. The van der Waals surface area contributed by atoms with Gasteiger partial charge < -0.3 is 54.3 Å². The van der Waals surface area contributed by atoms with Crippen molar-refractivity contribution in [2.24, 2.45) is 11.8 Å². The highest BCUT2D eigenvalue weighted by atomic mass is 16.7. The van der Waals surface area contributed by atoms with Crippen LogP contribution in [0.25, 0.3) is 0 Å². The molecule has 1 heterocycles. The second kappa shape index (κ2) is 14.5. The van der Waals surface area contributed by atoms with Gasteiger partial charge in [0.25, 0.3) is 0 Å². The Labute approximate surface area is 268 Å². The SMILES string of the molecule is O=C(OC[C@@H]1O[C@@H](Oc2ccc(O)cc2COC(=O)[C@@]2(O)[C@@H](O)CCC(=O)[C@@H]2O)[C@H](OC(=O)[C@@H]2C=CCC2)[C@H](O)[C@@H]1O)[C@@H]1C=CCC1. The van der Waals surface area contributed by atoms with Crippen molar-refractivity contribution >= 4 is 23.7 Å². The quantitative estimate of drug-likeness (QED) is 0.105. The maximum atomic E-state index is 12.9. The van der Waals surface area contributed by atoms with Gasteiger partial charge in [-0.2, -0.15) is 0 Å². The number of Topliss-reactive ketones (excluding diaryl/α,β-unsaturated/α-hetero) is 1. The summed E-state index contributed by atoms with van der Waals surface area (Å²) in [6.07, 6.45) is -3.18. The lowest BCUT2D eigenvalue weighted by atomic mass is 9.79. The minimum absolute atomic E-state index is 0.0444. The largest absolute Gasteiger partial charge is 0.508 e. The molecule has 47 heavy (non-hydrogen) atoms. The van der Waals surface area contributed by atoms with E-state index < -0.39 is 97.3 Å². The van der Waals surface area contributed by atoms with E-state index in [1.807, 2.05) is 6.08 Å². The van der Waals surface area contributed by atoms with Crippen molar-refractivity contribution in [3.05, 3.63) is 48.1 Å². The summed E-state index contributed by atoms with van der Waals surface area (Å²) in [5.74, 6) is -5.15. The zero-order valence-electron chi connectivity index (χ0n) is 25.3. The first-order valence-electron chi connectivity index (χ1n) is 15.4. The van der Waals surface area contributed by atoms with Gasteiger partial charge in [-0.05, 0) is 50.3 Å². The van der Waals surface area contributed by atoms with Crippen LogP contribution in [0, 0.1) is 11.8 Å². The van der Waals surface area contributed by atoms with Gasteiger partial charge in [-0.1, -0.05) is 24.3 Å². The summed E-state index contributed by atoms with van der Waals surface area (Å²) in [4.78, 5) is 50.2. The van der Waals surface area contributed by atoms with Crippen LogP contribution in [0.15, 0.2) is 42.5 Å². The summed E-state index contributed by atoms with van der Waals surface area (Å²) in [5.41, 5.74) is -2.98. The fourth-order valence-electron chi connectivity index (χ4n) is 5.90. The predicted octanol–water partition coefficient (Wildman–Crippen LogP) is -0.536. The minimum atomic E-state index is -2.94. The number of carbonyl (C=O) groups excluding carboxylic acids is 4. The predicted molar refractivity (Wildman–Crippen MR) is 155 cm³/mol. The molecule has 15 nitrogen and oxygen atoms in total. The van der Waals surface area contributed by atoms with Crippen molar-refractivity contribution in [3.63, 3.8) is 0 Å². The molecule has 2 fully saturated rings. The normalized spacial score (nSPS) is 35.0. The highest BCUT2D eigenvalue weighted by Gasteiger charge is 2.56. The van der Waals surface area contributed by atoms with Crippen LogP contribution < -0.4 is 4.74 Å². The molecule has 0 bridgehead atoms. The Kier molecular flexibility index (Phi) is 10.6. The zero-order chi connectivity index (χ0) is 33.9. The summed E-state index contributed by atoms with van der Waals surface area (Å²) < 4.78 is 27.9. The molecule has 0 aromatic heterocycles. The summed E-state index contributed by atoms with van der Waals surface area (Å²) >= 11 is 0. The van der Waals surface area contributed by atoms with Crippen LogP contribution in [0.2, 0.25) is 0 Å². The van der Waals surface area contributed by atoms with Gasteiger partial charge in [0.15, 0.2) is 18.0 Å². The van der Waals surface area contributed by atoms with Crippen LogP contribution in [0.3, 0.4) is 0 Å². The third kappa shape index (κ3) is 7.35. The van der Waals surface area contributed by atoms with Gasteiger partial charge >= 0.3 is 17.9 Å². The molecule has 1 saturated heterocycles. The molecule has 6 N–H and O–H groups in total. The molecule has 1 aromatic rings. The van der Waals surface area contributed by atoms with Crippen LogP contribution in [-0.4, -0.2) is 109 Å². The second-order valence-corrected chi connectivity index (χ2v) is 12.0. The maximum Gasteiger partial charge on any atom is 0.344 e. The van der Waals surface area contributed by atoms with E-state index >= 15 is 0 Å². The number of phenolic OH excluding ortho intramolecular Hbond substituents is 1. The Hall–Kier alpha value is -3.86. The van der Waals surface area contributed by atoms with E-state index in [-0.39, 0.29) is 29.9 Å². The van der Waals surface area contributed by atoms with E-state index in [0.29, 0.717) is 25.7 Å². The number of phenols is 1. The molecule has 0 radical (unpaired) electrons. The molecule has 15 heteroatoms. The van der Waals surface area contributed by atoms with Crippen molar-refractivity contribution in [2.75, 3.05) is 6.61 Å². The molecule has 3 aliphatic carbocycles. The van der Waals surface area contributed by atoms with Crippen molar-refractivity contribution in [1.82, 2.24) is 0 Å². The first-order valence-corrected chi connectivity index (χ1v) is 15.4. The Morgan fingerprint density at radius 1 is 0.915 bits per heavy atom. The number of rotatable bonds is 10. The van der Waals surface area contributed by atoms with Gasteiger partial charge in [0, 0.05) is 12.0 Å². The second-order valence-electron chi connectivity index (χ2n) is 12.0. The first kappa shape index (κ1) is 34.5. The summed E-state index contributed by atoms with van der Waals surface area (Å²) in [6.45, 7) is -1.20. The monoisotopic (exact) mass is 662 g/mol. The number of esters is 3. The van der Waals surface area contributed by atoms with Gasteiger partial charge in [0.05, 0.1) is 17.9 Å². The summed E-state index contributed by atoms with van der Waals surface area (Å²) in [5, 5.41) is 63.2. The van der Waals surface area contributed by atoms with Crippen molar-refractivity contribution in [2.45, 2.75) is 93.6 Å². The topological polar surface area (TPSA) is 236 Å². The van der Waals surface area contributed by atoms with Crippen LogP contribution in [0.1, 0.15) is 44.1 Å². The fraction of sp³-hybridized carbons (Fsp3) is 0.562. The number of hydrogen-bond acceptors (Lipinski definition) is 15. The number of carbonyl (C=O) groups is 4. The Bertz CT molecular complexity index is 1400. The maximum absolute atomic E-state index is 12.9. The standard InChI is InChI=1S/C32H38O15/c33-19-9-11-21(18(13-19)14-44-31(41)32(42)23(35)12-10-20(34)27(32)38)45-30-26(47-29(40)17-7-3-4-8-17)25(37)24(36)22(46-30)15-43-28(39)16-5-1-2-6-16/h1,3,5,7,9,11,13,16-17,22-27,30,33,35-38,42H,2,4,6,8,10,12,14-15H2/t16-,17-,22+,23+,24-,25-,26-,27+,30-,32-/m1/s1. The molecule has 5 rings (SSSR count). The first-order chi connectivity index (χ1) is 22.4. The number of ether oxygens (including phenoxy) is 5. The molecule has 1 aliphatic heterocycles. The van der Waals surface area contributed by atoms with Gasteiger partial charge in [-0.25, -0.2) is 4.79 Å². The highest BCUT2D eigenvalue weighted by molar-refractivity contribution is 5.94. The molecule has 256 valence electrons. The number of aliphatic hydroxyl groups is 5. The van der Waals surface area contributed by atoms with E-state index in [0.717, 1.165) is 6.07 Å². The third-order valence-electron chi connectivity index (χ3n) is 8.78. The molecule has 4 aliphatic rings. The van der Waals surface area contributed by atoms with E-state index in [1.54, 1.807) is 18.2 Å². The lowest BCUT2D eigenvalue weighted by Crippen LogP contribution is -2.64. The van der Waals surface area contributed by atoms with Gasteiger partial charge in [0.2, 0.25) is 11.9 Å². The van der Waals surface area contributed by atoms with E-state index in [1.165, 1.54) is 12.1 Å². The lowest BCUT2D eigenvalue weighted by Gasteiger charge is -2.42. The number of aliphatic hydroxyl groups excluding tert-OH is 4. The molecule has 0 spiro atoms. The van der Waals surface area contributed by atoms with E-state index in [4.69, 9.17) is 23.7 Å². The summed E-state index contributed by atoms with van der Waals surface area (Å²) in [7, 11) is 0. The highest BCUT2D eigenvalue weighted by Crippen LogP contribution is 2.34. The molecule has 1 aromatic carbocycles. The smallest absolute Gasteiger partial charge is 0.344 e. The minimum Gasteiger partial charge on any atom is -0.508 e. The average Bonchev–Trinajstić information content (AvgIpc) is 3.80. The van der Waals surface area contributed by atoms with Crippen LogP contribution in [0.5, 0.6) is 11.5 Å². The van der Waals surface area contributed by atoms with Gasteiger partial charge in [-0.15, -0.1) is 0 Å². The van der Waals surface area contributed by atoms with Crippen molar-refractivity contribution in [3.8, 4) is 11.5 Å². The molecule has 0 amide bonds.